The first-order valence-corrected chi connectivity index (χ1v) is 12.9. The SMILES string of the molecule is CCCO.CCCO.CCCO.[Cl][Ta][Cl]. The summed E-state index contributed by atoms with van der Waals surface area (Å²) in [4.78, 5) is 0. The van der Waals surface area contributed by atoms with Gasteiger partial charge in [-0.1, -0.05) is 20.8 Å². The van der Waals surface area contributed by atoms with Crippen LogP contribution in [0.15, 0.2) is 0 Å². The van der Waals surface area contributed by atoms with Gasteiger partial charge in [-0.05, 0) is 19.3 Å². The second kappa shape index (κ2) is 45.6. The van der Waals surface area contributed by atoms with E-state index >= 15 is 0 Å². The number of hydrogen-bond acceptors (Lipinski definition) is 3. The molecule has 0 unspecified atom stereocenters. The van der Waals surface area contributed by atoms with Gasteiger partial charge in [-0.25, -0.2) is 0 Å². The molecule has 0 aliphatic heterocycles. The number of rotatable bonds is 3. The molecule has 0 saturated heterocycles. The monoisotopic (exact) mass is 431 g/mol. The van der Waals surface area contributed by atoms with E-state index in [9.17, 15) is 0 Å². The zero-order chi connectivity index (χ0) is 12.9. The fourth-order valence-corrected chi connectivity index (χ4v) is 0. The molecule has 0 aliphatic rings. The van der Waals surface area contributed by atoms with Crippen molar-refractivity contribution in [3.8, 4) is 0 Å². The van der Waals surface area contributed by atoms with Gasteiger partial charge in [-0.2, -0.15) is 0 Å². The quantitative estimate of drug-likeness (QED) is 0.643. The third-order valence-corrected chi connectivity index (χ3v) is 0.671. The van der Waals surface area contributed by atoms with Gasteiger partial charge in [0.2, 0.25) is 0 Å². The Bertz CT molecular complexity index is 47.1. The van der Waals surface area contributed by atoms with Crippen molar-refractivity contribution in [2.45, 2.75) is 40.0 Å². The average Bonchev–Trinajstić information content (AvgIpc) is 2.30. The summed E-state index contributed by atoms with van der Waals surface area (Å²) in [5.74, 6) is 0. The summed E-state index contributed by atoms with van der Waals surface area (Å²) in [6.07, 6.45) is 2.62. The Balaban J connectivity index is -0.0000000542. The molecule has 0 radical (unpaired) electrons. The normalized spacial score (nSPS) is 6.93. The fraction of sp³-hybridized carbons (Fsp3) is 1.00. The van der Waals surface area contributed by atoms with E-state index in [-0.39, 0.29) is 0 Å². The van der Waals surface area contributed by atoms with Crippen LogP contribution in [0, 0.1) is 0 Å². The maximum absolute atomic E-state index is 7.88. The molecule has 6 heteroatoms. The van der Waals surface area contributed by atoms with Crippen molar-refractivity contribution < 1.29 is 32.9 Å². The zero-order valence-corrected chi connectivity index (χ0v) is 14.5. The Kier molecular flexibility index (Phi) is 76.4. The van der Waals surface area contributed by atoms with Gasteiger partial charge in [0.1, 0.15) is 0 Å². The molecule has 15 heavy (non-hydrogen) atoms. The third-order valence-electron chi connectivity index (χ3n) is 0.671. The topological polar surface area (TPSA) is 60.7 Å². The van der Waals surface area contributed by atoms with Gasteiger partial charge < -0.3 is 15.3 Å². The molecule has 0 amide bonds. The minimum atomic E-state index is -0.889. The molecule has 0 saturated carbocycles. The molecule has 0 bridgehead atoms. The van der Waals surface area contributed by atoms with Crippen molar-refractivity contribution in [2.75, 3.05) is 19.8 Å². The van der Waals surface area contributed by atoms with Gasteiger partial charge in [-0.15, -0.1) is 0 Å². The molecule has 0 heterocycles. The van der Waals surface area contributed by atoms with Crippen LogP contribution in [-0.4, -0.2) is 35.1 Å². The van der Waals surface area contributed by atoms with E-state index in [4.69, 9.17) is 33.7 Å². The first kappa shape index (κ1) is 25.1. The molecule has 0 fully saturated rings. The standard InChI is InChI=1S/3C3H8O.2ClH.Ta/c3*1-2-3-4;;;/h3*4H,2-3H2,1H3;2*1H;/q;;;;;+2/p-2. The Labute approximate surface area is 111 Å². The number of aliphatic hydroxyl groups is 3. The van der Waals surface area contributed by atoms with Gasteiger partial charge in [0.25, 0.3) is 0 Å². The molecular formula is C9H24Cl2O3Ta. The Hall–Kier alpha value is 1.20. The second-order valence-electron chi connectivity index (χ2n) is 2.23. The van der Waals surface area contributed by atoms with Crippen molar-refractivity contribution in [2.24, 2.45) is 0 Å². The van der Waals surface area contributed by atoms with E-state index in [2.05, 4.69) is 0 Å². The summed E-state index contributed by atoms with van der Waals surface area (Å²) in [7, 11) is 9.89. The van der Waals surface area contributed by atoms with E-state index in [0.29, 0.717) is 19.8 Å². The van der Waals surface area contributed by atoms with Gasteiger partial charge in [0.05, 0.1) is 0 Å². The number of aliphatic hydroxyl groups excluding tert-OH is 3. The van der Waals surface area contributed by atoms with Gasteiger partial charge in [0.15, 0.2) is 0 Å². The number of hydrogen-bond donors (Lipinski definition) is 3. The molecule has 0 atom stereocenters. The first-order chi connectivity index (χ1) is 7.16. The molecule has 3 N–H and O–H groups in total. The third kappa shape index (κ3) is 150. The van der Waals surface area contributed by atoms with Crippen molar-refractivity contribution >= 4 is 18.4 Å². The summed E-state index contributed by atoms with van der Waals surface area (Å²) in [5.41, 5.74) is 0. The Morgan fingerprint density at radius 3 is 0.800 bits per heavy atom. The number of halogens is 2. The fourth-order valence-electron chi connectivity index (χ4n) is 0. The summed E-state index contributed by atoms with van der Waals surface area (Å²) in [6.45, 7) is 6.75. The molecule has 0 rings (SSSR count). The summed E-state index contributed by atoms with van der Waals surface area (Å²) in [6, 6.07) is 0. The van der Waals surface area contributed by atoms with Crippen LogP contribution in [-0.2, 0) is 17.6 Å². The van der Waals surface area contributed by atoms with Crippen LogP contribution in [0.5, 0.6) is 0 Å². The Morgan fingerprint density at radius 1 is 0.733 bits per heavy atom. The van der Waals surface area contributed by atoms with Gasteiger partial charge in [0, 0.05) is 19.8 Å². The van der Waals surface area contributed by atoms with Crippen LogP contribution < -0.4 is 0 Å². The van der Waals surface area contributed by atoms with E-state index in [1.807, 2.05) is 20.8 Å². The summed E-state index contributed by atoms with van der Waals surface area (Å²) >= 11 is -0.889. The molecular weight excluding hydrogens is 408 g/mol. The second-order valence-corrected chi connectivity index (χ2v) is 6.88. The van der Waals surface area contributed by atoms with Crippen molar-refractivity contribution in [3.05, 3.63) is 0 Å². The van der Waals surface area contributed by atoms with E-state index < -0.39 is 17.6 Å². The molecule has 0 spiro atoms. The van der Waals surface area contributed by atoms with Crippen molar-refractivity contribution in [3.63, 3.8) is 0 Å². The van der Waals surface area contributed by atoms with Crippen LogP contribution in [0.1, 0.15) is 40.0 Å². The van der Waals surface area contributed by atoms with Crippen molar-refractivity contribution in [1.29, 1.82) is 0 Å². The molecule has 97 valence electrons. The summed E-state index contributed by atoms with van der Waals surface area (Å²) in [5, 5.41) is 23.6. The van der Waals surface area contributed by atoms with Crippen LogP contribution in [0.4, 0.5) is 0 Å². The van der Waals surface area contributed by atoms with Gasteiger partial charge in [-0.3, -0.25) is 0 Å². The van der Waals surface area contributed by atoms with Crippen LogP contribution >= 0.6 is 18.4 Å². The predicted octanol–water partition coefficient (Wildman–Crippen LogP) is 2.54. The summed E-state index contributed by atoms with van der Waals surface area (Å²) < 4.78 is 0. The predicted molar refractivity (Wildman–Crippen MR) is 63.8 cm³/mol. The minimum absolute atomic E-state index is 0.319. The molecule has 3 nitrogen and oxygen atoms in total. The van der Waals surface area contributed by atoms with Crippen LogP contribution in [0.3, 0.4) is 0 Å². The maximum atomic E-state index is 7.88. The Morgan fingerprint density at radius 2 is 0.800 bits per heavy atom. The van der Waals surface area contributed by atoms with Crippen molar-refractivity contribution in [1.82, 2.24) is 0 Å². The van der Waals surface area contributed by atoms with Gasteiger partial charge >= 0.3 is 36.0 Å². The van der Waals surface area contributed by atoms with Crippen LogP contribution in [0.25, 0.3) is 0 Å². The molecule has 0 aliphatic carbocycles. The molecule has 0 aromatic rings. The van der Waals surface area contributed by atoms with E-state index in [1.165, 1.54) is 0 Å². The zero-order valence-electron chi connectivity index (χ0n) is 9.79. The first-order valence-electron chi connectivity index (χ1n) is 4.91. The average molecular weight is 432 g/mol. The molecule has 0 aromatic heterocycles. The van der Waals surface area contributed by atoms with E-state index in [1.54, 1.807) is 0 Å². The molecule has 0 aromatic carbocycles. The van der Waals surface area contributed by atoms with E-state index in [0.717, 1.165) is 19.3 Å². The van der Waals surface area contributed by atoms with Crippen LogP contribution in [0.2, 0.25) is 0 Å².